The second-order valence-corrected chi connectivity index (χ2v) is 8.25. The Morgan fingerprint density at radius 1 is 0.944 bits per heavy atom. The minimum Gasteiger partial charge on any atom is -0.391 e. The molecular weight excluding hydrogens is 467 g/mol. The molecule has 0 aliphatic carbocycles. The molecular formula is C28H22F3N3O2. The third-order valence-electron chi connectivity index (χ3n) is 5.81. The second-order valence-electron chi connectivity index (χ2n) is 8.25. The summed E-state index contributed by atoms with van der Waals surface area (Å²) in [4.78, 5) is 20.1. The van der Waals surface area contributed by atoms with Crippen LogP contribution in [0.1, 0.15) is 35.1 Å². The van der Waals surface area contributed by atoms with Gasteiger partial charge in [0.2, 0.25) is 5.91 Å². The number of benzene rings is 3. The zero-order valence-corrected chi connectivity index (χ0v) is 19.3. The van der Waals surface area contributed by atoms with Gasteiger partial charge >= 0.3 is 0 Å². The average molecular weight is 489 g/mol. The summed E-state index contributed by atoms with van der Waals surface area (Å²) in [5, 5.41) is 13.1. The average Bonchev–Trinajstić information content (AvgIpc) is 2.90. The zero-order chi connectivity index (χ0) is 25.5. The van der Waals surface area contributed by atoms with Crippen LogP contribution in [0.25, 0.3) is 5.57 Å². The lowest BCUT2D eigenvalue weighted by molar-refractivity contribution is -0.126. The number of nitriles is 1. The summed E-state index contributed by atoms with van der Waals surface area (Å²) in [5.74, 6) is -1.58. The van der Waals surface area contributed by atoms with Crippen LogP contribution in [-0.4, -0.2) is 29.6 Å². The molecule has 1 saturated heterocycles. The van der Waals surface area contributed by atoms with Gasteiger partial charge in [0.25, 0.3) is 0 Å². The van der Waals surface area contributed by atoms with Crippen LogP contribution in [0.15, 0.2) is 78.0 Å². The highest BCUT2D eigenvalue weighted by Gasteiger charge is 2.20. The Labute approximate surface area is 206 Å². The topological polar surface area (TPSA) is 65.7 Å². The number of piperidine rings is 1. The van der Waals surface area contributed by atoms with Crippen molar-refractivity contribution in [3.8, 4) is 6.07 Å². The predicted molar refractivity (Wildman–Crippen MR) is 129 cm³/mol. The van der Waals surface area contributed by atoms with E-state index in [0.717, 1.165) is 5.71 Å². The van der Waals surface area contributed by atoms with Crippen molar-refractivity contribution >= 4 is 17.2 Å². The maximum Gasteiger partial charge on any atom is 0.247 e. The molecule has 8 heteroatoms. The summed E-state index contributed by atoms with van der Waals surface area (Å²) in [5.41, 5.74) is 3.23. The summed E-state index contributed by atoms with van der Waals surface area (Å²) >= 11 is 0. The Balaban J connectivity index is 1.41. The van der Waals surface area contributed by atoms with Gasteiger partial charge in [-0.1, -0.05) is 35.5 Å². The molecule has 0 bridgehead atoms. The SMILES string of the molecule is N#Cc1cc(CON=C2CCN(C(=O)C=C(c3ccc(F)cc3)c3ccc(F)cc3)CC2)ccc1F. The minimum absolute atomic E-state index is 0.0516. The fraction of sp³-hybridized carbons (Fsp3) is 0.179. The molecule has 3 aromatic rings. The molecule has 1 heterocycles. The van der Waals surface area contributed by atoms with Gasteiger partial charge in [0.05, 0.1) is 11.3 Å². The van der Waals surface area contributed by atoms with Crippen LogP contribution in [0, 0.1) is 28.8 Å². The van der Waals surface area contributed by atoms with Crippen LogP contribution in [0.5, 0.6) is 0 Å². The van der Waals surface area contributed by atoms with E-state index in [-0.39, 0.29) is 18.1 Å². The minimum atomic E-state index is -0.583. The van der Waals surface area contributed by atoms with E-state index < -0.39 is 17.5 Å². The number of hydrogen-bond donors (Lipinski definition) is 0. The zero-order valence-electron chi connectivity index (χ0n) is 19.3. The van der Waals surface area contributed by atoms with E-state index in [2.05, 4.69) is 5.16 Å². The van der Waals surface area contributed by atoms with Crippen molar-refractivity contribution in [3.63, 3.8) is 0 Å². The Morgan fingerprint density at radius 3 is 2.08 bits per heavy atom. The molecule has 5 nitrogen and oxygen atoms in total. The molecule has 1 aliphatic heterocycles. The number of rotatable bonds is 6. The summed E-state index contributed by atoms with van der Waals surface area (Å²) < 4.78 is 40.3. The van der Waals surface area contributed by atoms with Crippen LogP contribution < -0.4 is 0 Å². The van der Waals surface area contributed by atoms with Gasteiger partial charge in [-0.25, -0.2) is 13.2 Å². The number of hydrogen-bond acceptors (Lipinski definition) is 4. The number of oxime groups is 1. The van der Waals surface area contributed by atoms with Crippen LogP contribution in [0.3, 0.4) is 0 Å². The fourth-order valence-corrected chi connectivity index (χ4v) is 3.83. The van der Waals surface area contributed by atoms with Crippen LogP contribution in [0.4, 0.5) is 13.2 Å². The van der Waals surface area contributed by atoms with Crippen molar-refractivity contribution < 1.29 is 22.8 Å². The first-order valence-corrected chi connectivity index (χ1v) is 11.3. The van der Waals surface area contributed by atoms with Crippen LogP contribution >= 0.6 is 0 Å². The molecule has 182 valence electrons. The summed E-state index contributed by atoms with van der Waals surface area (Å²) in [6, 6.07) is 17.5. The lowest BCUT2D eigenvalue weighted by Gasteiger charge is -2.27. The van der Waals surface area contributed by atoms with Gasteiger partial charge in [0.1, 0.15) is 30.1 Å². The molecule has 0 unspecified atom stereocenters. The fourth-order valence-electron chi connectivity index (χ4n) is 3.83. The van der Waals surface area contributed by atoms with E-state index in [9.17, 15) is 18.0 Å². The third-order valence-corrected chi connectivity index (χ3v) is 5.81. The Hall–Kier alpha value is -4.38. The number of carbonyl (C=O) groups excluding carboxylic acids is 1. The molecule has 1 fully saturated rings. The number of nitrogens with zero attached hydrogens (tertiary/aromatic N) is 3. The summed E-state index contributed by atoms with van der Waals surface area (Å²) in [7, 11) is 0. The number of amides is 1. The number of carbonyl (C=O) groups is 1. The van der Waals surface area contributed by atoms with Gasteiger partial charge in [0, 0.05) is 32.0 Å². The van der Waals surface area contributed by atoms with Crippen LogP contribution in [0.2, 0.25) is 0 Å². The van der Waals surface area contributed by atoms with E-state index >= 15 is 0 Å². The second kappa shape index (κ2) is 11.4. The molecule has 1 aliphatic rings. The molecule has 0 aromatic heterocycles. The summed E-state index contributed by atoms with van der Waals surface area (Å²) in [6.45, 7) is 0.974. The van der Waals surface area contributed by atoms with Gasteiger partial charge in [0.15, 0.2) is 0 Å². The maximum atomic E-state index is 13.4. The molecule has 0 radical (unpaired) electrons. The van der Waals surface area contributed by atoms with E-state index in [1.54, 1.807) is 35.2 Å². The van der Waals surface area contributed by atoms with E-state index in [0.29, 0.717) is 48.2 Å². The van der Waals surface area contributed by atoms with Gasteiger partial charge < -0.3 is 9.74 Å². The van der Waals surface area contributed by atoms with Crippen molar-refractivity contribution in [1.82, 2.24) is 4.90 Å². The molecule has 0 atom stereocenters. The number of likely N-dealkylation sites (tertiary alicyclic amines) is 1. The first-order chi connectivity index (χ1) is 17.4. The molecule has 0 spiro atoms. The van der Waals surface area contributed by atoms with Gasteiger partial charge in [-0.2, -0.15) is 5.26 Å². The Morgan fingerprint density at radius 2 is 1.53 bits per heavy atom. The maximum absolute atomic E-state index is 13.4. The summed E-state index contributed by atoms with van der Waals surface area (Å²) in [6.07, 6.45) is 2.53. The largest absolute Gasteiger partial charge is 0.391 e. The van der Waals surface area contributed by atoms with Crippen molar-refractivity contribution in [1.29, 1.82) is 5.26 Å². The van der Waals surface area contributed by atoms with E-state index in [4.69, 9.17) is 10.1 Å². The lowest BCUT2D eigenvalue weighted by Crippen LogP contribution is -2.37. The van der Waals surface area contributed by atoms with Gasteiger partial charge in [-0.15, -0.1) is 0 Å². The van der Waals surface area contributed by atoms with Gasteiger partial charge in [-0.3, -0.25) is 4.79 Å². The van der Waals surface area contributed by atoms with E-state index in [1.165, 1.54) is 48.5 Å². The number of halogens is 3. The molecule has 1 amide bonds. The van der Waals surface area contributed by atoms with Crippen molar-refractivity contribution in [2.75, 3.05) is 13.1 Å². The highest BCUT2D eigenvalue weighted by Crippen LogP contribution is 2.25. The molecule has 4 rings (SSSR count). The smallest absolute Gasteiger partial charge is 0.247 e. The first-order valence-electron chi connectivity index (χ1n) is 11.3. The van der Waals surface area contributed by atoms with Gasteiger partial charge in [-0.05, 0) is 58.7 Å². The van der Waals surface area contributed by atoms with E-state index in [1.807, 2.05) is 0 Å². The normalized spacial score (nSPS) is 13.1. The Kier molecular flexibility index (Phi) is 7.81. The highest BCUT2D eigenvalue weighted by molar-refractivity contribution is 6.00. The molecule has 0 N–H and O–H groups in total. The molecule has 0 saturated carbocycles. The lowest BCUT2D eigenvalue weighted by atomic mass is 9.97. The third kappa shape index (κ3) is 6.19. The first kappa shape index (κ1) is 24.7. The van der Waals surface area contributed by atoms with Crippen molar-refractivity contribution in [3.05, 3.63) is 113 Å². The quantitative estimate of drug-likeness (QED) is 0.334. The monoisotopic (exact) mass is 489 g/mol. The predicted octanol–water partition coefficient (Wildman–Crippen LogP) is 5.60. The van der Waals surface area contributed by atoms with Crippen LogP contribution in [-0.2, 0) is 16.2 Å². The highest BCUT2D eigenvalue weighted by atomic mass is 19.1. The molecule has 3 aromatic carbocycles. The molecule has 36 heavy (non-hydrogen) atoms. The van der Waals surface area contributed by atoms with Crippen molar-refractivity contribution in [2.24, 2.45) is 5.16 Å². The Bertz CT molecular complexity index is 1290. The standard InChI is InChI=1S/C28H22F3N3O2/c29-23-6-2-20(3-7-23)26(21-4-8-24(30)9-5-21)16-28(35)34-13-11-25(12-14-34)33-36-18-19-1-10-27(31)22(15-19)17-32/h1-10,15-16H,11-14,18H2. The van der Waals surface area contributed by atoms with Crippen molar-refractivity contribution in [2.45, 2.75) is 19.4 Å².